The van der Waals surface area contributed by atoms with E-state index < -0.39 is 11.6 Å². The number of hydrogen-bond acceptors (Lipinski definition) is 3. The molecule has 0 saturated carbocycles. The summed E-state index contributed by atoms with van der Waals surface area (Å²) in [5.74, 6) is -0.297. The van der Waals surface area contributed by atoms with Crippen LogP contribution in [0.15, 0.2) is 35.2 Å². The fraction of sp³-hybridized carbons (Fsp3) is 0.409. The lowest BCUT2D eigenvalue weighted by Crippen LogP contribution is -2.25. The SMILES string of the molecule is CC(C)c1ccc(F)c(C(C)C)c1NC(=O)NSc1cc(Cl)cc(C(C)(C)O)c1. The normalized spacial score (nSPS) is 11.8. The Morgan fingerprint density at radius 3 is 2.34 bits per heavy atom. The van der Waals surface area contributed by atoms with Gasteiger partial charge < -0.3 is 10.4 Å². The van der Waals surface area contributed by atoms with Gasteiger partial charge in [-0.2, -0.15) is 0 Å². The minimum Gasteiger partial charge on any atom is -0.386 e. The topological polar surface area (TPSA) is 61.4 Å². The third-order valence-corrected chi connectivity index (χ3v) is 5.48. The van der Waals surface area contributed by atoms with Crippen molar-refractivity contribution >= 4 is 35.3 Å². The molecule has 0 unspecified atom stereocenters. The maximum atomic E-state index is 14.4. The Balaban J connectivity index is 2.23. The van der Waals surface area contributed by atoms with Crippen molar-refractivity contribution in [2.24, 2.45) is 0 Å². The third kappa shape index (κ3) is 6.11. The molecule has 2 amide bonds. The van der Waals surface area contributed by atoms with Gasteiger partial charge in [0.1, 0.15) is 5.82 Å². The minimum absolute atomic E-state index is 0.0843. The van der Waals surface area contributed by atoms with Gasteiger partial charge in [-0.15, -0.1) is 0 Å². The molecule has 0 heterocycles. The predicted molar refractivity (Wildman–Crippen MR) is 119 cm³/mol. The Morgan fingerprint density at radius 2 is 1.79 bits per heavy atom. The highest BCUT2D eigenvalue weighted by molar-refractivity contribution is 7.98. The van der Waals surface area contributed by atoms with Gasteiger partial charge in [0.15, 0.2) is 0 Å². The van der Waals surface area contributed by atoms with Gasteiger partial charge in [-0.25, -0.2) is 9.18 Å². The summed E-state index contributed by atoms with van der Waals surface area (Å²) in [6, 6.07) is 7.84. The highest BCUT2D eigenvalue weighted by atomic mass is 35.5. The summed E-state index contributed by atoms with van der Waals surface area (Å²) >= 11 is 7.21. The number of urea groups is 1. The molecule has 2 aromatic rings. The molecule has 0 aliphatic carbocycles. The van der Waals surface area contributed by atoms with Crippen LogP contribution < -0.4 is 10.0 Å². The van der Waals surface area contributed by atoms with Crippen LogP contribution in [0.1, 0.15) is 70.1 Å². The summed E-state index contributed by atoms with van der Waals surface area (Å²) in [5.41, 5.74) is 1.47. The zero-order valence-corrected chi connectivity index (χ0v) is 19.1. The smallest absolute Gasteiger partial charge is 0.329 e. The molecule has 0 saturated heterocycles. The number of carbonyl (C=O) groups excluding carboxylic acids is 1. The number of benzene rings is 2. The second-order valence-electron chi connectivity index (χ2n) is 8.13. The highest BCUT2D eigenvalue weighted by Crippen LogP contribution is 2.35. The van der Waals surface area contributed by atoms with Crippen molar-refractivity contribution in [1.82, 2.24) is 4.72 Å². The van der Waals surface area contributed by atoms with Crippen molar-refractivity contribution in [3.63, 3.8) is 0 Å². The molecule has 0 atom stereocenters. The lowest BCUT2D eigenvalue weighted by molar-refractivity contribution is 0.0784. The zero-order valence-electron chi connectivity index (χ0n) is 17.6. The van der Waals surface area contributed by atoms with Gasteiger partial charge in [0.25, 0.3) is 0 Å². The van der Waals surface area contributed by atoms with E-state index >= 15 is 0 Å². The molecule has 0 spiro atoms. The molecular weight excluding hydrogens is 411 g/mol. The Labute approximate surface area is 181 Å². The molecule has 0 fully saturated rings. The van der Waals surface area contributed by atoms with Crippen LogP contribution in [-0.2, 0) is 5.60 Å². The molecule has 29 heavy (non-hydrogen) atoms. The quantitative estimate of drug-likeness (QED) is 0.435. The van der Waals surface area contributed by atoms with E-state index in [1.165, 1.54) is 6.07 Å². The first-order valence-electron chi connectivity index (χ1n) is 9.49. The fourth-order valence-electron chi connectivity index (χ4n) is 3.02. The van der Waals surface area contributed by atoms with E-state index in [1.54, 1.807) is 38.1 Å². The maximum absolute atomic E-state index is 14.4. The van der Waals surface area contributed by atoms with E-state index in [2.05, 4.69) is 10.0 Å². The van der Waals surface area contributed by atoms with E-state index in [0.717, 1.165) is 17.5 Å². The first-order valence-corrected chi connectivity index (χ1v) is 10.7. The van der Waals surface area contributed by atoms with Crippen LogP contribution in [0.5, 0.6) is 0 Å². The molecule has 0 aromatic heterocycles. The third-order valence-electron chi connectivity index (χ3n) is 4.50. The van der Waals surface area contributed by atoms with Gasteiger partial charge in [-0.3, -0.25) is 4.72 Å². The molecule has 4 nitrogen and oxygen atoms in total. The van der Waals surface area contributed by atoms with Crippen LogP contribution in [0, 0.1) is 5.82 Å². The van der Waals surface area contributed by atoms with E-state index in [1.807, 2.05) is 27.7 Å². The molecule has 2 aromatic carbocycles. The monoisotopic (exact) mass is 438 g/mol. The van der Waals surface area contributed by atoms with Crippen LogP contribution in [0.3, 0.4) is 0 Å². The van der Waals surface area contributed by atoms with Crippen molar-refractivity contribution in [2.45, 2.75) is 63.9 Å². The van der Waals surface area contributed by atoms with E-state index in [-0.39, 0.29) is 17.7 Å². The summed E-state index contributed by atoms with van der Waals surface area (Å²) in [7, 11) is 0. The van der Waals surface area contributed by atoms with Crippen LogP contribution in [-0.4, -0.2) is 11.1 Å². The van der Waals surface area contributed by atoms with Gasteiger partial charge in [0.2, 0.25) is 0 Å². The summed E-state index contributed by atoms with van der Waals surface area (Å²) < 4.78 is 17.1. The largest absolute Gasteiger partial charge is 0.386 e. The van der Waals surface area contributed by atoms with Crippen molar-refractivity contribution in [2.75, 3.05) is 5.32 Å². The number of aliphatic hydroxyl groups is 1. The maximum Gasteiger partial charge on any atom is 0.329 e. The fourth-order valence-corrected chi connectivity index (χ4v) is 3.95. The van der Waals surface area contributed by atoms with Crippen molar-refractivity contribution in [1.29, 1.82) is 0 Å². The van der Waals surface area contributed by atoms with E-state index in [9.17, 15) is 14.3 Å². The molecule has 0 aliphatic heterocycles. The van der Waals surface area contributed by atoms with Gasteiger partial charge in [-0.05, 0) is 73.0 Å². The van der Waals surface area contributed by atoms with Crippen molar-refractivity contribution in [3.8, 4) is 0 Å². The van der Waals surface area contributed by atoms with Gasteiger partial charge in [0, 0.05) is 15.5 Å². The van der Waals surface area contributed by atoms with Gasteiger partial charge in [0.05, 0.1) is 11.3 Å². The van der Waals surface area contributed by atoms with Gasteiger partial charge >= 0.3 is 6.03 Å². The van der Waals surface area contributed by atoms with Gasteiger partial charge in [-0.1, -0.05) is 45.4 Å². The lowest BCUT2D eigenvalue weighted by atomic mass is 9.92. The molecule has 0 radical (unpaired) electrons. The molecular formula is C22H28ClFN2O2S. The van der Waals surface area contributed by atoms with E-state index in [4.69, 9.17) is 11.6 Å². The summed E-state index contributed by atoms with van der Waals surface area (Å²) in [6.45, 7) is 11.1. The van der Waals surface area contributed by atoms with E-state index in [0.29, 0.717) is 26.7 Å². The predicted octanol–water partition coefficient (Wildman–Crippen LogP) is 6.78. The summed E-state index contributed by atoms with van der Waals surface area (Å²) in [5, 5.41) is 13.5. The number of halogens is 2. The van der Waals surface area contributed by atoms with Crippen LogP contribution in [0.25, 0.3) is 0 Å². The number of carbonyl (C=O) groups is 1. The molecule has 2 rings (SSSR count). The molecule has 3 N–H and O–H groups in total. The average Bonchev–Trinajstić information content (AvgIpc) is 2.58. The summed E-state index contributed by atoms with van der Waals surface area (Å²) in [6.07, 6.45) is 0. The van der Waals surface area contributed by atoms with Crippen molar-refractivity contribution < 1.29 is 14.3 Å². The molecule has 7 heteroatoms. The number of amides is 2. The highest BCUT2D eigenvalue weighted by Gasteiger charge is 2.21. The zero-order chi connectivity index (χ0) is 21.9. The first-order chi connectivity index (χ1) is 13.4. The average molecular weight is 439 g/mol. The molecule has 0 aliphatic rings. The van der Waals surface area contributed by atoms with Crippen LogP contribution in [0.2, 0.25) is 5.02 Å². The Hall–Kier alpha value is -1.76. The summed E-state index contributed by atoms with van der Waals surface area (Å²) in [4.78, 5) is 13.2. The Morgan fingerprint density at radius 1 is 1.14 bits per heavy atom. The Kier molecular flexibility index (Phi) is 7.60. The van der Waals surface area contributed by atoms with Crippen molar-refractivity contribution in [3.05, 3.63) is 57.9 Å². The molecule has 0 bridgehead atoms. The molecule has 158 valence electrons. The van der Waals surface area contributed by atoms with Crippen LogP contribution >= 0.6 is 23.5 Å². The van der Waals surface area contributed by atoms with Crippen LogP contribution in [0.4, 0.5) is 14.9 Å². The number of rotatable bonds is 6. The minimum atomic E-state index is -1.05. The second-order valence-corrected chi connectivity index (χ2v) is 9.44. The number of nitrogens with one attached hydrogen (secondary N) is 2. The second kappa shape index (κ2) is 9.37. The standard InChI is InChI=1S/C22H28ClFN2O2S/c1-12(2)17-7-8-18(24)19(13(3)4)20(17)25-21(27)26-29-16-10-14(22(5,6)28)9-15(23)11-16/h7-13,28H,1-6H3,(H2,25,26,27). The first kappa shape index (κ1) is 23.5. The Bertz CT molecular complexity index is 895. The number of anilines is 1. The number of hydrogen-bond donors (Lipinski definition) is 3. The lowest BCUT2D eigenvalue weighted by Gasteiger charge is -2.21.